The fourth-order valence-corrected chi connectivity index (χ4v) is 4.20. The minimum absolute atomic E-state index is 0.291. The third-order valence-corrected chi connectivity index (χ3v) is 5.44. The molecule has 6 nitrogen and oxygen atoms in total. The van der Waals surface area contributed by atoms with Crippen LogP contribution in [0.25, 0.3) is 11.3 Å². The molecule has 130 valence electrons. The number of hydrogen-bond donors (Lipinski definition) is 0. The highest BCUT2D eigenvalue weighted by Crippen LogP contribution is 2.35. The van der Waals surface area contributed by atoms with Crippen molar-refractivity contribution in [2.75, 3.05) is 11.4 Å². The highest BCUT2D eigenvalue weighted by atomic mass is 32.1. The van der Waals surface area contributed by atoms with Crippen LogP contribution in [0.5, 0.6) is 0 Å². The van der Waals surface area contributed by atoms with Gasteiger partial charge in [-0.3, -0.25) is 4.68 Å². The molecule has 25 heavy (non-hydrogen) atoms. The fourth-order valence-electron chi connectivity index (χ4n) is 3.41. The van der Waals surface area contributed by atoms with Gasteiger partial charge < -0.3 is 4.90 Å². The molecule has 1 saturated heterocycles. The molecule has 0 aliphatic carbocycles. The maximum absolute atomic E-state index is 4.86. The van der Waals surface area contributed by atoms with Gasteiger partial charge >= 0.3 is 0 Å². The molecule has 0 amide bonds. The molecule has 3 aromatic rings. The van der Waals surface area contributed by atoms with Crippen LogP contribution in [0.2, 0.25) is 0 Å². The molecule has 0 radical (unpaired) electrons. The van der Waals surface area contributed by atoms with E-state index in [4.69, 9.17) is 4.98 Å². The minimum Gasteiger partial charge on any atom is -0.331 e. The fraction of sp³-hybridized carbons (Fsp3) is 0.444. The Kier molecular flexibility index (Phi) is 4.48. The molecule has 0 saturated carbocycles. The van der Waals surface area contributed by atoms with E-state index >= 15 is 0 Å². The lowest BCUT2D eigenvalue weighted by atomic mass is 10.2. The van der Waals surface area contributed by atoms with Crippen LogP contribution < -0.4 is 4.90 Å². The number of aryl methyl sites for hydroxylation is 2. The topological polar surface area (TPSA) is 59.7 Å². The standard InChI is InChI=1S/C18H22N6S/c1-3-9-23-12-14(13(2)22-23)15-6-7-20-18(21-15)24-10-4-5-16(24)17-19-8-11-25-17/h6-8,11-12,16H,3-5,9-10H2,1-2H3/t16-/m0/s1. The van der Waals surface area contributed by atoms with Gasteiger partial charge in [-0.25, -0.2) is 15.0 Å². The molecule has 1 aliphatic heterocycles. The Hall–Kier alpha value is -2.28. The van der Waals surface area contributed by atoms with Gasteiger partial charge in [-0.15, -0.1) is 11.3 Å². The Bertz CT molecular complexity index is 841. The maximum Gasteiger partial charge on any atom is 0.226 e. The van der Waals surface area contributed by atoms with Crippen LogP contribution in [0.15, 0.2) is 30.0 Å². The van der Waals surface area contributed by atoms with Gasteiger partial charge in [0.2, 0.25) is 5.95 Å². The van der Waals surface area contributed by atoms with Crippen molar-refractivity contribution < 1.29 is 0 Å². The molecule has 0 aromatic carbocycles. The summed E-state index contributed by atoms with van der Waals surface area (Å²) in [4.78, 5) is 16.2. The Morgan fingerprint density at radius 2 is 2.20 bits per heavy atom. The number of rotatable bonds is 5. The highest BCUT2D eigenvalue weighted by Gasteiger charge is 2.30. The van der Waals surface area contributed by atoms with Gasteiger partial charge in [0.15, 0.2) is 0 Å². The van der Waals surface area contributed by atoms with Crippen LogP contribution in [0.4, 0.5) is 5.95 Å². The summed E-state index contributed by atoms with van der Waals surface area (Å²) in [5, 5.41) is 7.78. The molecule has 0 N–H and O–H groups in total. The van der Waals surface area contributed by atoms with Crippen molar-refractivity contribution in [1.29, 1.82) is 0 Å². The predicted molar refractivity (Wildman–Crippen MR) is 99.7 cm³/mol. The van der Waals surface area contributed by atoms with Gasteiger partial charge in [-0.05, 0) is 32.3 Å². The summed E-state index contributed by atoms with van der Waals surface area (Å²) in [6.07, 6.45) is 9.14. The first kappa shape index (κ1) is 16.2. The van der Waals surface area contributed by atoms with Crippen LogP contribution in [0.1, 0.15) is 42.9 Å². The highest BCUT2D eigenvalue weighted by molar-refractivity contribution is 7.09. The SMILES string of the molecule is CCCn1cc(-c2ccnc(N3CCC[C@H]3c3nccs3)n2)c(C)n1. The second-order valence-corrected chi connectivity index (χ2v) is 7.28. The summed E-state index contributed by atoms with van der Waals surface area (Å²) in [5.41, 5.74) is 3.03. The second-order valence-electron chi connectivity index (χ2n) is 6.35. The molecule has 1 aliphatic rings. The van der Waals surface area contributed by atoms with E-state index in [1.54, 1.807) is 11.3 Å². The first-order valence-corrected chi connectivity index (χ1v) is 9.67. The zero-order chi connectivity index (χ0) is 17.2. The van der Waals surface area contributed by atoms with Crippen molar-refractivity contribution in [1.82, 2.24) is 24.7 Å². The Labute approximate surface area is 151 Å². The van der Waals surface area contributed by atoms with Gasteiger partial charge in [0.1, 0.15) is 5.01 Å². The molecule has 7 heteroatoms. The smallest absolute Gasteiger partial charge is 0.226 e. The molecule has 0 bridgehead atoms. The molecule has 3 aromatic heterocycles. The van der Waals surface area contributed by atoms with Gasteiger partial charge in [-0.2, -0.15) is 5.10 Å². The van der Waals surface area contributed by atoms with E-state index in [1.165, 1.54) is 0 Å². The van der Waals surface area contributed by atoms with Gasteiger partial charge in [0, 0.05) is 42.6 Å². The summed E-state index contributed by atoms with van der Waals surface area (Å²) >= 11 is 1.71. The zero-order valence-electron chi connectivity index (χ0n) is 14.6. The molecule has 4 rings (SSSR count). The minimum atomic E-state index is 0.291. The van der Waals surface area contributed by atoms with Crippen molar-refractivity contribution in [3.05, 3.63) is 40.7 Å². The van der Waals surface area contributed by atoms with Crippen molar-refractivity contribution in [3.63, 3.8) is 0 Å². The van der Waals surface area contributed by atoms with Crippen molar-refractivity contribution in [3.8, 4) is 11.3 Å². The van der Waals surface area contributed by atoms with Crippen molar-refractivity contribution >= 4 is 17.3 Å². The zero-order valence-corrected chi connectivity index (χ0v) is 15.4. The van der Waals surface area contributed by atoms with Crippen LogP contribution in [0.3, 0.4) is 0 Å². The molecule has 1 atom stereocenters. The third kappa shape index (κ3) is 3.16. The first-order valence-electron chi connectivity index (χ1n) is 8.79. The summed E-state index contributed by atoms with van der Waals surface area (Å²) in [5.74, 6) is 0.790. The predicted octanol–water partition coefficient (Wildman–Crippen LogP) is 3.86. The van der Waals surface area contributed by atoms with E-state index in [0.717, 1.165) is 60.3 Å². The van der Waals surface area contributed by atoms with Gasteiger partial charge in [-0.1, -0.05) is 6.92 Å². The largest absolute Gasteiger partial charge is 0.331 e. The lowest BCUT2D eigenvalue weighted by molar-refractivity contribution is 0.598. The van der Waals surface area contributed by atoms with E-state index in [2.05, 4.69) is 33.1 Å². The quantitative estimate of drug-likeness (QED) is 0.696. The molecular formula is C18H22N6S. The molecule has 0 unspecified atom stereocenters. The average Bonchev–Trinajstić information content (AvgIpc) is 3.35. The Morgan fingerprint density at radius 3 is 3.00 bits per heavy atom. The summed E-state index contributed by atoms with van der Waals surface area (Å²) < 4.78 is 2.00. The van der Waals surface area contributed by atoms with Gasteiger partial charge in [0.05, 0.1) is 17.4 Å². The number of anilines is 1. The molecule has 4 heterocycles. The van der Waals surface area contributed by atoms with Crippen LogP contribution in [0, 0.1) is 6.92 Å². The van der Waals surface area contributed by atoms with Crippen LogP contribution >= 0.6 is 11.3 Å². The normalized spacial score (nSPS) is 17.4. The number of thiazole rings is 1. The Morgan fingerprint density at radius 1 is 1.28 bits per heavy atom. The molecule has 1 fully saturated rings. The van der Waals surface area contributed by atoms with Crippen molar-refractivity contribution in [2.45, 2.75) is 45.7 Å². The summed E-state index contributed by atoms with van der Waals surface area (Å²) in [6, 6.07) is 2.26. The second kappa shape index (κ2) is 6.92. The third-order valence-electron chi connectivity index (χ3n) is 4.56. The van der Waals surface area contributed by atoms with Crippen molar-refractivity contribution in [2.24, 2.45) is 0 Å². The van der Waals surface area contributed by atoms with Gasteiger partial charge in [0.25, 0.3) is 0 Å². The monoisotopic (exact) mass is 354 g/mol. The molecule has 0 spiro atoms. The van der Waals surface area contributed by atoms with Crippen LogP contribution in [-0.4, -0.2) is 31.3 Å². The number of nitrogens with zero attached hydrogens (tertiary/aromatic N) is 6. The van der Waals surface area contributed by atoms with E-state index < -0.39 is 0 Å². The summed E-state index contributed by atoms with van der Waals surface area (Å²) in [6.45, 7) is 6.10. The lowest BCUT2D eigenvalue weighted by Gasteiger charge is -2.23. The number of aromatic nitrogens is 5. The Balaban J connectivity index is 1.65. The first-order chi connectivity index (χ1) is 12.3. The lowest BCUT2D eigenvalue weighted by Crippen LogP contribution is -2.24. The van der Waals surface area contributed by atoms with E-state index in [0.29, 0.717) is 6.04 Å². The number of hydrogen-bond acceptors (Lipinski definition) is 6. The van der Waals surface area contributed by atoms with E-state index in [1.807, 2.05) is 35.4 Å². The van der Waals surface area contributed by atoms with E-state index in [9.17, 15) is 0 Å². The van der Waals surface area contributed by atoms with Crippen LogP contribution in [-0.2, 0) is 6.54 Å². The maximum atomic E-state index is 4.86. The molecular weight excluding hydrogens is 332 g/mol. The van der Waals surface area contributed by atoms with E-state index in [-0.39, 0.29) is 0 Å². The summed E-state index contributed by atoms with van der Waals surface area (Å²) in [7, 11) is 0. The average molecular weight is 354 g/mol.